The first-order chi connectivity index (χ1) is 26.1. The van der Waals surface area contributed by atoms with Crippen molar-refractivity contribution < 1.29 is 57.6 Å². The maximum absolute atomic E-state index is 14.0. The number of aliphatic hydroxyl groups is 2. The number of ketones is 1. The number of Topliss-reactive ketones (excluding diaryl/α,β-unsaturated/α-hetero) is 1. The molecule has 0 aromatic rings. The minimum atomic E-state index is -0.954. The topological polar surface area (TPSA) is 141 Å². The van der Waals surface area contributed by atoms with Crippen molar-refractivity contribution in [2.45, 2.75) is 194 Å². The van der Waals surface area contributed by atoms with E-state index in [1.54, 1.807) is 21.3 Å². The average Bonchev–Trinajstić information content (AvgIpc) is 3.89. The van der Waals surface area contributed by atoms with Gasteiger partial charge in [0.15, 0.2) is 0 Å². The molecule has 306 valence electrons. The molecule has 12 nitrogen and oxygen atoms in total. The molecule has 12 heteroatoms. The number of carbonyl (C=O) groups excluding carboxylic acids is 1. The molecule has 8 rings (SSSR count). The number of hydrogen-bond acceptors (Lipinski definition) is 12. The normalized spacial score (nSPS) is 47.0. The lowest BCUT2D eigenvalue weighted by Crippen LogP contribution is -2.50. The van der Waals surface area contributed by atoms with Crippen LogP contribution in [0.5, 0.6) is 0 Å². The summed E-state index contributed by atoms with van der Waals surface area (Å²) in [6.07, 6.45) is 5.73. The predicted molar refractivity (Wildman–Crippen MR) is 198 cm³/mol. The Bertz CT molecular complexity index is 1290. The average molecular weight is 763 g/mol. The molecule has 8 aliphatic heterocycles. The van der Waals surface area contributed by atoms with Gasteiger partial charge >= 0.3 is 0 Å². The smallest absolute Gasteiger partial charge is 0.135 e. The highest BCUT2D eigenvalue weighted by Crippen LogP contribution is 2.44. The van der Waals surface area contributed by atoms with Crippen molar-refractivity contribution in [3.63, 3.8) is 0 Å². The van der Waals surface area contributed by atoms with Gasteiger partial charge in [-0.05, 0) is 74.9 Å². The van der Waals surface area contributed by atoms with E-state index in [0.717, 1.165) is 75.4 Å². The van der Waals surface area contributed by atoms with E-state index in [-0.39, 0.29) is 123 Å². The third-order valence-corrected chi connectivity index (χ3v) is 13.7. The predicted octanol–water partition coefficient (Wildman–Crippen LogP) is 4.40. The number of rotatable bonds is 6. The lowest BCUT2D eigenvalue weighted by atomic mass is 9.81. The van der Waals surface area contributed by atoms with Gasteiger partial charge in [-0.1, -0.05) is 20.1 Å². The number of hydrogen-bond donors (Lipinski definition) is 2. The van der Waals surface area contributed by atoms with Gasteiger partial charge in [-0.15, -0.1) is 0 Å². The molecule has 0 saturated carbocycles. The summed E-state index contributed by atoms with van der Waals surface area (Å²) in [4.78, 5) is 14.0. The molecule has 18 atom stereocenters. The maximum atomic E-state index is 14.0. The van der Waals surface area contributed by atoms with Crippen molar-refractivity contribution >= 4 is 5.78 Å². The first-order valence-corrected chi connectivity index (χ1v) is 20.8. The number of carbonyl (C=O) groups is 1. The first kappa shape index (κ1) is 40.9. The van der Waals surface area contributed by atoms with Gasteiger partial charge in [0, 0.05) is 59.4 Å². The molecule has 0 radical (unpaired) electrons. The van der Waals surface area contributed by atoms with Gasteiger partial charge in [-0.3, -0.25) is 4.79 Å². The van der Waals surface area contributed by atoms with Crippen LogP contribution in [0.15, 0.2) is 24.3 Å². The summed E-state index contributed by atoms with van der Waals surface area (Å²) >= 11 is 0. The van der Waals surface area contributed by atoms with Crippen molar-refractivity contribution in [2.24, 2.45) is 11.8 Å². The molecule has 12 unspecified atom stereocenters. The largest absolute Gasteiger partial charge is 0.394 e. The van der Waals surface area contributed by atoms with E-state index in [0.29, 0.717) is 6.42 Å². The standard InChI is InChI=1S/C42H66O12/c1-22-14-29-12-13-32-23(2)15-28(49-32)10-11-30-19-37-40(52-30)41(48-6)42(54-37)39(47-5)33-9-7-8-27(50-33)16-25(44)17-31-35(20-34(51-29)24(22)3)53-36(38(31)46-4)18-26(45)21-43/h22,26-43,45H,2-3,7-21H2,1,4-6H3/t22-,26?,27?,28?,29?,30?,31?,32?,33+,34?,35?,36?,37-,38-,39?,40?,41+,42+/m1/s1. The molecular formula is C42H66O12. The molecule has 54 heavy (non-hydrogen) atoms. The van der Waals surface area contributed by atoms with Crippen LogP contribution in [0, 0.1) is 11.8 Å². The fourth-order valence-electron chi connectivity index (χ4n) is 10.8. The van der Waals surface area contributed by atoms with Crippen LogP contribution in [-0.2, 0) is 47.4 Å². The number of aliphatic hydroxyl groups excluding tert-OH is 2. The summed E-state index contributed by atoms with van der Waals surface area (Å²) in [5.41, 5.74) is 2.18. The van der Waals surface area contributed by atoms with Gasteiger partial charge in [-0.25, -0.2) is 0 Å². The Labute approximate surface area is 321 Å². The molecule has 2 N–H and O–H groups in total. The second-order valence-electron chi connectivity index (χ2n) is 17.3. The van der Waals surface area contributed by atoms with Gasteiger partial charge in [0.25, 0.3) is 0 Å². The third kappa shape index (κ3) is 8.89. The van der Waals surface area contributed by atoms with Gasteiger partial charge in [0.1, 0.15) is 30.2 Å². The van der Waals surface area contributed by atoms with Gasteiger partial charge in [-0.2, -0.15) is 0 Å². The van der Waals surface area contributed by atoms with Crippen molar-refractivity contribution in [3.8, 4) is 0 Å². The fourth-order valence-corrected chi connectivity index (χ4v) is 10.8. The Morgan fingerprint density at radius 2 is 1.39 bits per heavy atom. The van der Waals surface area contributed by atoms with Crippen LogP contribution in [0.2, 0.25) is 0 Å². The quantitative estimate of drug-likeness (QED) is 0.371. The van der Waals surface area contributed by atoms with E-state index in [4.69, 9.17) is 42.6 Å². The summed E-state index contributed by atoms with van der Waals surface area (Å²) in [5.74, 6) is 0.0735. The van der Waals surface area contributed by atoms with E-state index in [1.165, 1.54) is 0 Å². The molecule has 8 aliphatic rings. The highest BCUT2D eigenvalue weighted by atomic mass is 16.6. The van der Waals surface area contributed by atoms with Crippen LogP contribution in [0.25, 0.3) is 0 Å². The maximum Gasteiger partial charge on any atom is 0.135 e. The number of ether oxygens (including phenoxy) is 9. The summed E-state index contributed by atoms with van der Waals surface area (Å²) in [7, 11) is 5.03. The summed E-state index contributed by atoms with van der Waals surface area (Å²) in [6.45, 7) is 10.7. The molecule has 0 spiro atoms. The molecule has 8 saturated heterocycles. The summed E-state index contributed by atoms with van der Waals surface area (Å²) in [5, 5.41) is 20.1. The van der Waals surface area contributed by atoms with Crippen LogP contribution >= 0.6 is 0 Å². The van der Waals surface area contributed by atoms with Crippen molar-refractivity contribution in [2.75, 3.05) is 27.9 Å². The van der Waals surface area contributed by atoms with Crippen LogP contribution < -0.4 is 0 Å². The Morgan fingerprint density at radius 1 is 0.685 bits per heavy atom. The monoisotopic (exact) mass is 762 g/mol. The second kappa shape index (κ2) is 18.1. The van der Waals surface area contributed by atoms with E-state index >= 15 is 0 Å². The molecule has 10 bridgehead atoms. The van der Waals surface area contributed by atoms with Crippen LogP contribution in [0.3, 0.4) is 0 Å². The molecular weight excluding hydrogens is 696 g/mol. The molecule has 8 heterocycles. The van der Waals surface area contributed by atoms with E-state index in [2.05, 4.69) is 20.1 Å². The van der Waals surface area contributed by atoms with E-state index in [1.807, 2.05) is 0 Å². The molecule has 0 aliphatic carbocycles. The zero-order chi connectivity index (χ0) is 38.1. The van der Waals surface area contributed by atoms with E-state index < -0.39 is 18.3 Å². The minimum Gasteiger partial charge on any atom is -0.394 e. The molecule has 0 aromatic carbocycles. The minimum absolute atomic E-state index is 0.000132. The van der Waals surface area contributed by atoms with Gasteiger partial charge in [0.05, 0.1) is 79.9 Å². The lowest BCUT2D eigenvalue weighted by Gasteiger charge is -2.38. The van der Waals surface area contributed by atoms with Crippen LogP contribution in [0.1, 0.15) is 96.8 Å². The van der Waals surface area contributed by atoms with Crippen molar-refractivity contribution in [1.82, 2.24) is 0 Å². The lowest BCUT2D eigenvalue weighted by molar-refractivity contribution is -0.177. The zero-order valence-electron chi connectivity index (χ0n) is 32.9. The first-order valence-electron chi connectivity index (χ1n) is 20.8. The van der Waals surface area contributed by atoms with Crippen LogP contribution in [-0.4, -0.2) is 142 Å². The van der Waals surface area contributed by atoms with E-state index in [9.17, 15) is 15.0 Å². The number of fused-ring (bicyclic) bond motifs is 4. The van der Waals surface area contributed by atoms with Crippen molar-refractivity contribution in [3.05, 3.63) is 24.3 Å². The molecule has 0 amide bonds. The summed E-state index contributed by atoms with van der Waals surface area (Å²) in [6, 6.07) is 0. The van der Waals surface area contributed by atoms with Gasteiger partial charge in [0.2, 0.25) is 0 Å². The Hall–Kier alpha value is -1.29. The second-order valence-corrected chi connectivity index (χ2v) is 17.3. The Kier molecular flexibility index (Phi) is 13.7. The van der Waals surface area contributed by atoms with Gasteiger partial charge < -0.3 is 52.8 Å². The summed E-state index contributed by atoms with van der Waals surface area (Å²) < 4.78 is 58.2. The number of methoxy groups -OCH3 is 3. The fraction of sp³-hybridized carbons (Fsp3) is 0.881. The molecule has 8 fully saturated rings. The highest BCUT2D eigenvalue weighted by molar-refractivity contribution is 5.79. The SMILES string of the molecule is C=C1CC2CCC3C[C@H]4O[C@@H](C(OC)[C@@H]5CCCC(CC(=O)CC6C(CC7OC(CCC1O2)C[C@@H](C)C7=C)OC(CC(O)CO)[C@@H]6OC)O5)[C@@H](OC)C4O3. The Balaban J connectivity index is 1.12. The Morgan fingerprint density at radius 3 is 2.15 bits per heavy atom. The zero-order valence-corrected chi connectivity index (χ0v) is 32.9. The third-order valence-electron chi connectivity index (χ3n) is 13.7. The highest BCUT2D eigenvalue weighted by Gasteiger charge is 2.56. The van der Waals surface area contributed by atoms with Crippen LogP contribution in [0.4, 0.5) is 0 Å². The van der Waals surface area contributed by atoms with Crippen molar-refractivity contribution in [1.29, 1.82) is 0 Å². The molecule has 0 aromatic heterocycles.